The second-order valence-corrected chi connectivity index (χ2v) is 4.82. The molecule has 5 heteroatoms. The Kier molecular flexibility index (Phi) is 4.63. The highest BCUT2D eigenvalue weighted by atomic mass is 16.5. The summed E-state index contributed by atoms with van der Waals surface area (Å²) in [4.78, 5) is 14.0. The van der Waals surface area contributed by atoms with Crippen LogP contribution >= 0.6 is 0 Å². The van der Waals surface area contributed by atoms with Crippen LogP contribution in [0.15, 0.2) is 24.3 Å². The topological polar surface area (TPSA) is 53.6 Å². The van der Waals surface area contributed by atoms with Gasteiger partial charge >= 0.3 is 6.03 Å². The highest BCUT2D eigenvalue weighted by molar-refractivity contribution is 5.89. The number of nitrogens with zero attached hydrogens (tertiary/aromatic N) is 1. The van der Waals surface area contributed by atoms with E-state index in [1.165, 1.54) is 0 Å². The molecule has 2 rings (SSSR count). The third-order valence-corrected chi connectivity index (χ3v) is 3.39. The zero-order valence-electron chi connectivity index (χ0n) is 11.5. The maximum Gasteiger partial charge on any atom is 0.321 e. The van der Waals surface area contributed by atoms with Gasteiger partial charge in [-0.05, 0) is 38.1 Å². The molecule has 0 bridgehead atoms. The Balaban J connectivity index is 1.90. The van der Waals surface area contributed by atoms with Crippen LogP contribution in [0.25, 0.3) is 0 Å². The number of likely N-dealkylation sites (tertiary alicyclic amines) is 1. The van der Waals surface area contributed by atoms with Crippen molar-refractivity contribution in [3.8, 4) is 5.75 Å². The first kappa shape index (κ1) is 13.7. The fraction of sp³-hybridized carbons (Fsp3) is 0.500. The van der Waals surface area contributed by atoms with Gasteiger partial charge in [0.1, 0.15) is 5.75 Å². The molecule has 1 aliphatic rings. The molecule has 1 heterocycles. The minimum Gasteiger partial charge on any atom is -0.497 e. The minimum atomic E-state index is -0.0353. The summed E-state index contributed by atoms with van der Waals surface area (Å²) in [5.74, 6) is 1.30. The second kappa shape index (κ2) is 6.43. The van der Waals surface area contributed by atoms with Crippen LogP contribution in [0.4, 0.5) is 10.5 Å². The van der Waals surface area contributed by atoms with E-state index in [0.717, 1.165) is 37.5 Å². The van der Waals surface area contributed by atoms with Crippen molar-refractivity contribution < 1.29 is 9.53 Å². The largest absolute Gasteiger partial charge is 0.497 e. The number of methoxy groups -OCH3 is 1. The van der Waals surface area contributed by atoms with Crippen molar-refractivity contribution in [2.45, 2.75) is 6.42 Å². The van der Waals surface area contributed by atoms with Gasteiger partial charge in [-0.15, -0.1) is 0 Å². The van der Waals surface area contributed by atoms with Crippen LogP contribution in [0.2, 0.25) is 0 Å². The van der Waals surface area contributed by atoms with Gasteiger partial charge in [0.05, 0.1) is 7.11 Å². The molecule has 1 unspecified atom stereocenters. The fourth-order valence-corrected chi connectivity index (χ4v) is 2.38. The molecular weight excluding hydrogens is 242 g/mol. The predicted octanol–water partition coefficient (Wildman–Crippen LogP) is 1.77. The van der Waals surface area contributed by atoms with Crippen molar-refractivity contribution in [1.82, 2.24) is 10.2 Å². The molecule has 2 N–H and O–H groups in total. The lowest BCUT2D eigenvalue weighted by Gasteiger charge is -2.17. The maximum atomic E-state index is 12.1. The molecule has 0 aromatic heterocycles. The van der Waals surface area contributed by atoms with Crippen molar-refractivity contribution >= 4 is 11.7 Å². The predicted molar refractivity (Wildman–Crippen MR) is 75.6 cm³/mol. The highest BCUT2D eigenvalue weighted by Crippen LogP contribution is 2.19. The van der Waals surface area contributed by atoms with E-state index in [1.54, 1.807) is 7.11 Å². The molecular formula is C14H21N3O2. The molecule has 1 atom stereocenters. The van der Waals surface area contributed by atoms with E-state index in [2.05, 4.69) is 10.6 Å². The Labute approximate surface area is 113 Å². The molecule has 0 radical (unpaired) electrons. The minimum absolute atomic E-state index is 0.0353. The summed E-state index contributed by atoms with van der Waals surface area (Å²) in [6, 6.07) is 7.36. The van der Waals surface area contributed by atoms with E-state index >= 15 is 0 Å². The first-order valence-electron chi connectivity index (χ1n) is 6.57. The first-order chi connectivity index (χ1) is 9.22. The average Bonchev–Trinajstić information content (AvgIpc) is 2.88. The summed E-state index contributed by atoms with van der Waals surface area (Å²) in [6.45, 7) is 2.60. The van der Waals surface area contributed by atoms with Crippen molar-refractivity contribution in [2.75, 3.05) is 39.1 Å². The van der Waals surface area contributed by atoms with Gasteiger partial charge in [0, 0.05) is 24.8 Å². The molecule has 1 aromatic rings. The third-order valence-electron chi connectivity index (χ3n) is 3.39. The summed E-state index contributed by atoms with van der Waals surface area (Å²) in [7, 11) is 3.56. The zero-order valence-corrected chi connectivity index (χ0v) is 11.5. The monoisotopic (exact) mass is 263 g/mol. The van der Waals surface area contributed by atoms with Gasteiger partial charge in [-0.1, -0.05) is 6.07 Å². The van der Waals surface area contributed by atoms with Crippen molar-refractivity contribution in [3.63, 3.8) is 0 Å². The Morgan fingerprint density at radius 2 is 2.37 bits per heavy atom. The molecule has 2 amide bonds. The SMILES string of the molecule is CNCC1CCN(C(=O)Nc2cccc(OC)c2)C1. The van der Waals surface area contributed by atoms with Gasteiger partial charge < -0.3 is 20.3 Å². The molecule has 19 heavy (non-hydrogen) atoms. The Hall–Kier alpha value is -1.75. The van der Waals surface area contributed by atoms with E-state index in [0.29, 0.717) is 5.92 Å². The van der Waals surface area contributed by atoms with Gasteiger partial charge in [0.25, 0.3) is 0 Å². The van der Waals surface area contributed by atoms with Crippen LogP contribution in [0.5, 0.6) is 5.75 Å². The second-order valence-electron chi connectivity index (χ2n) is 4.82. The summed E-state index contributed by atoms with van der Waals surface area (Å²) in [6.07, 6.45) is 1.06. The van der Waals surface area contributed by atoms with Gasteiger partial charge in [-0.3, -0.25) is 0 Å². The number of rotatable bonds is 4. The van der Waals surface area contributed by atoms with Crippen molar-refractivity contribution in [3.05, 3.63) is 24.3 Å². The molecule has 104 valence electrons. The normalized spacial score (nSPS) is 18.4. The van der Waals surface area contributed by atoms with Crippen LogP contribution in [0, 0.1) is 5.92 Å². The fourth-order valence-electron chi connectivity index (χ4n) is 2.38. The van der Waals surface area contributed by atoms with E-state index in [1.807, 2.05) is 36.2 Å². The summed E-state index contributed by atoms with van der Waals surface area (Å²) < 4.78 is 5.14. The summed E-state index contributed by atoms with van der Waals surface area (Å²) >= 11 is 0. The number of anilines is 1. The molecule has 5 nitrogen and oxygen atoms in total. The standard InChI is InChI=1S/C14H21N3O2/c1-15-9-11-6-7-17(10-11)14(18)16-12-4-3-5-13(8-12)19-2/h3-5,8,11,15H,6-7,9-10H2,1-2H3,(H,16,18). The first-order valence-corrected chi connectivity index (χ1v) is 6.57. The lowest BCUT2D eigenvalue weighted by molar-refractivity contribution is 0.221. The van der Waals surface area contributed by atoms with Crippen LogP contribution < -0.4 is 15.4 Å². The van der Waals surface area contributed by atoms with E-state index in [9.17, 15) is 4.79 Å². The number of amides is 2. The van der Waals surface area contributed by atoms with Crippen LogP contribution in [-0.2, 0) is 0 Å². The van der Waals surface area contributed by atoms with Gasteiger partial charge in [0.2, 0.25) is 0 Å². The number of hydrogen-bond acceptors (Lipinski definition) is 3. The number of benzene rings is 1. The van der Waals surface area contributed by atoms with Crippen LogP contribution in [-0.4, -0.2) is 44.7 Å². The zero-order chi connectivity index (χ0) is 13.7. The van der Waals surface area contributed by atoms with E-state index < -0.39 is 0 Å². The van der Waals surface area contributed by atoms with Crippen LogP contribution in [0.1, 0.15) is 6.42 Å². The molecule has 0 saturated carbocycles. The van der Waals surface area contributed by atoms with E-state index in [4.69, 9.17) is 4.74 Å². The highest BCUT2D eigenvalue weighted by Gasteiger charge is 2.25. The lowest BCUT2D eigenvalue weighted by atomic mass is 10.1. The number of hydrogen-bond donors (Lipinski definition) is 2. The quantitative estimate of drug-likeness (QED) is 0.870. The number of carbonyl (C=O) groups excluding carboxylic acids is 1. The number of nitrogens with one attached hydrogen (secondary N) is 2. The molecule has 1 fully saturated rings. The van der Waals surface area contributed by atoms with Gasteiger partial charge in [-0.25, -0.2) is 4.79 Å². The Bertz CT molecular complexity index is 436. The smallest absolute Gasteiger partial charge is 0.321 e. The van der Waals surface area contributed by atoms with Gasteiger partial charge in [-0.2, -0.15) is 0 Å². The van der Waals surface area contributed by atoms with Crippen LogP contribution in [0.3, 0.4) is 0 Å². The maximum absolute atomic E-state index is 12.1. The number of urea groups is 1. The molecule has 1 aromatic carbocycles. The molecule has 1 aliphatic heterocycles. The lowest BCUT2D eigenvalue weighted by Crippen LogP contribution is -2.33. The number of ether oxygens (including phenoxy) is 1. The number of carbonyl (C=O) groups is 1. The summed E-state index contributed by atoms with van der Waals surface area (Å²) in [5.41, 5.74) is 0.765. The molecule has 0 spiro atoms. The Morgan fingerprint density at radius 1 is 1.53 bits per heavy atom. The van der Waals surface area contributed by atoms with E-state index in [-0.39, 0.29) is 6.03 Å². The Morgan fingerprint density at radius 3 is 3.11 bits per heavy atom. The van der Waals surface area contributed by atoms with Crippen molar-refractivity contribution in [2.24, 2.45) is 5.92 Å². The molecule has 1 saturated heterocycles. The molecule has 0 aliphatic carbocycles. The summed E-state index contributed by atoms with van der Waals surface area (Å²) in [5, 5.41) is 6.07. The van der Waals surface area contributed by atoms with Gasteiger partial charge in [0.15, 0.2) is 0 Å². The third kappa shape index (κ3) is 3.61. The average molecular weight is 263 g/mol. The van der Waals surface area contributed by atoms with Crippen molar-refractivity contribution in [1.29, 1.82) is 0 Å².